The molecule has 11 heavy (non-hydrogen) atoms. The standard InChI is InChI=1S/C10H18N/c1-4-6-7-8-9-10(5-2)11-3/h10-11H,4,6-9H2,1,3H3. The second kappa shape index (κ2) is 7.63. The number of hydrogen-bond donors (Lipinski definition) is 1. The third kappa shape index (κ3) is 5.94. The first-order valence-corrected chi connectivity index (χ1v) is 4.44. The predicted molar refractivity (Wildman–Crippen MR) is 48.7 cm³/mol. The van der Waals surface area contributed by atoms with E-state index in [4.69, 9.17) is 6.42 Å². The Morgan fingerprint density at radius 1 is 1.36 bits per heavy atom. The second-order valence-electron chi connectivity index (χ2n) is 2.83. The van der Waals surface area contributed by atoms with Crippen molar-refractivity contribution < 1.29 is 0 Å². The van der Waals surface area contributed by atoms with Crippen LogP contribution in [0.25, 0.3) is 0 Å². The van der Waals surface area contributed by atoms with Crippen LogP contribution in [0.15, 0.2) is 0 Å². The van der Waals surface area contributed by atoms with E-state index in [2.05, 4.69) is 18.2 Å². The van der Waals surface area contributed by atoms with Crippen molar-refractivity contribution in [2.45, 2.75) is 45.1 Å². The van der Waals surface area contributed by atoms with Crippen LogP contribution in [0.2, 0.25) is 0 Å². The van der Waals surface area contributed by atoms with E-state index >= 15 is 0 Å². The average Bonchev–Trinajstić information content (AvgIpc) is 2.05. The molecule has 0 heterocycles. The summed E-state index contributed by atoms with van der Waals surface area (Å²) in [6.07, 6.45) is 13.1. The molecule has 0 amide bonds. The molecule has 0 aliphatic carbocycles. The number of hydrogen-bond acceptors (Lipinski definition) is 1. The molecule has 0 aromatic carbocycles. The highest BCUT2D eigenvalue weighted by Crippen LogP contribution is 2.04. The minimum absolute atomic E-state index is 0.173. The summed E-state index contributed by atoms with van der Waals surface area (Å²) in [7, 11) is 1.88. The van der Waals surface area contributed by atoms with Gasteiger partial charge in [-0.25, -0.2) is 0 Å². The van der Waals surface area contributed by atoms with Gasteiger partial charge in [-0.05, 0) is 19.9 Å². The van der Waals surface area contributed by atoms with Gasteiger partial charge in [0.25, 0.3) is 0 Å². The van der Waals surface area contributed by atoms with E-state index in [1.165, 1.54) is 25.7 Å². The predicted octanol–water partition coefficient (Wildman–Crippen LogP) is 2.13. The zero-order valence-electron chi connectivity index (χ0n) is 7.61. The summed E-state index contributed by atoms with van der Waals surface area (Å²) < 4.78 is 0. The molecule has 0 aromatic rings. The van der Waals surface area contributed by atoms with E-state index in [1.807, 2.05) is 7.05 Å². The van der Waals surface area contributed by atoms with Crippen molar-refractivity contribution >= 4 is 0 Å². The van der Waals surface area contributed by atoms with Gasteiger partial charge in [-0.2, -0.15) is 0 Å². The first kappa shape index (κ1) is 10.5. The van der Waals surface area contributed by atoms with Crippen LogP contribution in [0.3, 0.4) is 0 Å². The fourth-order valence-corrected chi connectivity index (χ4v) is 1.06. The maximum absolute atomic E-state index is 6.93. The number of rotatable bonds is 6. The van der Waals surface area contributed by atoms with Gasteiger partial charge in [0.1, 0.15) is 0 Å². The van der Waals surface area contributed by atoms with Crippen LogP contribution in [-0.4, -0.2) is 13.1 Å². The Bertz CT molecular complexity index is 113. The van der Waals surface area contributed by atoms with Gasteiger partial charge in [0.15, 0.2) is 0 Å². The highest BCUT2D eigenvalue weighted by atomic mass is 14.8. The first-order valence-electron chi connectivity index (χ1n) is 4.44. The van der Waals surface area contributed by atoms with Crippen LogP contribution in [0.5, 0.6) is 0 Å². The Morgan fingerprint density at radius 3 is 2.55 bits per heavy atom. The minimum Gasteiger partial charge on any atom is -0.307 e. The summed E-state index contributed by atoms with van der Waals surface area (Å²) in [6, 6.07) is 0.173. The summed E-state index contributed by atoms with van der Waals surface area (Å²) in [5.74, 6) is 2.47. The van der Waals surface area contributed by atoms with E-state index in [0.29, 0.717) is 0 Å². The van der Waals surface area contributed by atoms with Crippen LogP contribution in [0.1, 0.15) is 39.0 Å². The van der Waals surface area contributed by atoms with Gasteiger partial charge in [-0.1, -0.05) is 38.5 Å². The van der Waals surface area contributed by atoms with Crippen molar-refractivity contribution in [2.24, 2.45) is 0 Å². The maximum atomic E-state index is 6.93. The lowest BCUT2D eigenvalue weighted by Gasteiger charge is -2.07. The molecular weight excluding hydrogens is 134 g/mol. The molecule has 0 fully saturated rings. The summed E-state index contributed by atoms with van der Waals surface area (Å²) in [4.78, 5) is 0. The van der Waals surface area contributed by atoms with Crippen molar-refractivity contribution in [3.8, 4) is 5.92 Å². The fourth-order valence-electron chi connectivity index (χ4n) is 1.06. The molecule has 0 aromatic heterocycles. The zero-order chi connectivity index (χ0) is 8.53. The molecule has 0 saturated carbocycles. The van der Waals surface area contributed by atoms with Crippen molar-refractivity contribution in [1.29, 1.82) is 0 Å². The average molecular weight is 152 g/mol. The Labute approximate surface area is 70.6 Å². The zero-order valence-corrected chi connectivity index (χ0v) is 7.61. The van der Waals surface area contributed by atoms with Gasteiger partial charge < -0.3 is 5.32 Å². The third-order valence-electron chi connectivity index (χ3n) is 1.87. The quantitative estimate of drug-likeness (QED) is 0.454. The highest BCUT2D eigenvalue weighted by molar-refractivity contribution is 4.92. The fraction of sp³-hybridized carbons (Fsp3) is 0.800. The first-order chi connectivity index (χ1) is 5.35. The lowest BCUT2D eigenvalue weighted by molar-refractivity contribution is 0.561. The molecule has 1 nitrogen and oxygen atoms in total. The molecule has 63 valence electrons. The molecule has 1 heteroatoms. The normalized spacial score (nSPS) is 12.5. The highest BCUT2D eigenvalue weighted by Gasteiger charge is 1.99. The monoisotopic (exact) mass is 152 g/mol. The van der Waals surface area contributed by atoms with Gasteiger partial charge in [-0.15, -0.1) is 0 Å². The third-order valence-corrected chi connectivity index (χ3v) is 1.87. The molecular formula is C10H18N. The summed E-state index contributed by atoms with van der Waals surface area (Å²) in [5.41, 5.74) is 0. The van der Waals surface area contributed by atoms with Gasteiger partial charge in [0.2, 0.25) is 0 Å². The molecule has 1 unspecified atom stereocenters. The smallest absolute Gasteiger partial charge is 0.0697 e. The van der Waals surface area contributed by atoms with E-state index in [9.17, 15) is 0 Å². The van der Waals surface area contributed by atoms with Crippen molar-refractivity contribution in [2.75, 3.05) is 7.05 Å². The molecule has 1 atom stereocenters. The van der Waals surface area contributed by atoms with Gasteiger partial charge in [0.05, 0.1) is 6.04 Å². The van der Waals surface area contributed by atoms with E-state index in [0.717, 1.165) is 6.42 Å². The topological polar surface area (TPSA) is 12.0 Å². The summed E-state index contributed by atoms with van der Waals surface area (Å²) >= 11 is 0. The molecule has 0 aliphatic heterocycles. The number of unbranched alkanes of at least 4 members (excludes halogenated alkanes) is 3. The molecule has 0 rings (SSSR count). The lowest BCUT2D eigenvalue weighted by atomic mass is 10.1. The molecule has 1 N–H and O–H groups in total. The Hall–Kier alpha value is -0.480. The molecule has 0 bridgehead atoms. The Kier molecular flexibility index (Phi) is 7.29. The summed E-state index contributed by atoms with van der Waals surface area (Å²) in [6.45, 7) is 2.21. The Morgan fingerprint density at radius 2 is 2.09 bits per heavy atom. The molecule has 0 saturated heterocycles. The van der Waals surface area contributed by atoms with E-state index < -0.39 is 0 Å². The van der Waals surface area contributed by atoms with Crippen LogP contribution in [0.4, 0.5) is 0 Å². The number of nitrogens with one attached hydrogen (secondary N) is 1. The second-order valence-corrected chi connectivity index (χ2v) is 2.83. The molecule has 0 aliphatic rings. The maximum Gasteiger partial charge on any atom is 0.0697 e. The minimum atomic E-state index is 0.173. The van der Waals surface area contributed by atoms with Crippen LogP contribution in [0, 0.1) is 12.3 Å². The van der Waals surface area contributed by atoms with Gasteiger partial charge in [0, 0.05) is 0 Å². The molecule has 1 radical (unpaired) electrons. The SMILES string of the molecule is [C]#CC(CCCCCC)NC. The molecule has 0 spiro atoms. The van der Waals surface area contributed by atoms with Gasteiger partial charge in [-0.3, -0.25) is 0 Å². The summed E-state index contributed by atoms with van der Waals surface area (Å²) in [5, 5.41) is 3.03. The van der Waals surface area contributed by atoms with Crippen molar-refractivity contribution in [3.63, 3.8) is 0 Å². The van der Waals surface area contributed by atoms with Crippen LogP contribution in [-0.2, 0) is 0 Å². The Balaban J connectivity index is 3.16. The van der Waals surface area contributed by atoms with Crippen LogP contribution < -0.4 is 5.32 Å². The largest absolute Gasteiger partial charge is 0.307 e. The van der Waals surface area contributed by atoms with E-state index in [-0.39, 0.29) is 6.04 Å². The van der Waals surface area contributed by atoms with E-state index in [1.54, 1.807) is 0 Å². The van der Waals surface area contributed by atoms with Gasteiger partial charge >= 0.3 is 0 Å². The van der Waals surface area contributed by atoms with Crippen molar-refractivity contribution in [1.82, 2.24) is 5.32 Å². The lowest BCUT2D eigenvalue weighted by Crippen LogP contribution is -2.22. The van der Waals surface area contributed by atoms with Crippen LogP contribution >= 0.6 is 0 Å². The van der Waals surface area contributed by atoms with Crippen molar-refractivity contribution in [3.05, 3.63) is 6.42 Å².